The van der Waals surface area contributed by atoms with Gasteiger partial charge in [-0.15, -0.1) is 0 Å². The van der Waals surface area contributed by atoms with E-state index in [0.29, 0.717) is 0 Å². The van der Waals surface area contributed by atoms with Gasteiger partial charge in [0.15, 0.2) is 5.69 Å². The number of aryl methyl sites for hydroxylation is 1. The predicted octanol–water partition coefficient (Wildman–Crippen LogP) is 1.77. The second-order valence-corrected chi connectivity index (χ2v) is 4.96. The van der Waals surface area contributed by atoms with E-state index >= 15 is 0 Å². The van der Waals surface area contributed by atoms with E-state index in [1.54, 1.807) is 17.8 Å². The highest BCUT2D eigenvalue weighted by Gasteiger charge is 2.42. The summed E-state index contributed by atoms with van der Waals surface area (Å²) in [6, 6.07) is 9.09. The van der Waals surface area contributed by atoms with Crippen LogP contribution in [0.4, 0.5) is 0 Å². The van der Waals surface area contributed by atoms with Crippen LogP contribution in [0, 0.1) is 0 Å². The van der Waals surface area contributed by atoms with Gasteiger partial charge in [-0.3, -0.25) is 4.68 Å². The van der Waals surface area contributed by atoms with E-state index < -0.39 is 11.6 Å². The van der Waals surface area contributed by atoms with Gasteiger partial charge in [0.1, 0.15) is 0 Å². The minimum atomic E-state index is -1.04. The van der Waals surface area contributed by atoms with Gasteiger partial charge < -0.3 is 10.2 Å². The van der Waals surface area contributed by atoms with Crippen LogP contribution in [0.25, 0.3) is 11.3 Å². The molecule has 1 fully saturated rings. The Morgan fingerprint density at radius 1 is 1.37 bits per heavy atom. The van der Waals surface area contributed by atoms with Crippen molar-refractivity contribution in [3.63, 3.8) is 0 Å². The molecule has 5 heteroatoms. The van der Waals surface area contributed by atoms with E-state index in [1.165, 1.54) is 0 Å². The van der Waals surface area contributed by atoms with Gasteiger partial charge in [-0.25, -0.2) is 4.79 Å². The molecule has 1 aliphatic carbocycles. The third-order valence-electron chi connectivity index (χ3n) is 3.52. The Morgan fingerprint density at radius 2 is 2.11 bits per heavy atom. The van der Waals surface area contributed by atoms with Crippen LogP contribution in [-0.2, 0) is 12.6 Å². The smallest absolute Gasteiger partial charge is 0.356 e. The van der Waals surface area contributed by atoms with Crippen molar-refractivity contribution in [1.29, 1.82) is 0 Å². The molecule has 0 bridgehead atoms. The van der Waals surface area contributed by atoms with Crippen molar-refractivity contribution in [1.82, 2.24) is 9.78 Å². The predicted molar refractivity (Wildman–Crippen MR) is 68.7 cm³/mol. The van der Waals surface area contributed by atoms with Gasteiger partial charge in [-0.05, 0) is 30.5 Å². The highest BCUT2D eigenvalue weighted by atomic mass is 16.4. The summed E-state index contributed by atoms with van der Waals surface area (Å²) < 4.78 is 1.54. The Hall–Kier alpha value is -2.14. The second kappa shape index (κ2) is 3.93. The quantitative estimate of drug-likeness (QED) is 0.879. The fourth-order valence-corrected chi connectivity index (χ4v) is 2.22. The fraction of sp³-hybridized carbons (Fsp3) is 0.286. The van der Waals surface area contributed by atoms with Crippen LogP contribution in [0.1, 0.15) is 28.9 Å². The van der Waals surface area contributed by atoms with Crippen LogP contribution in [0.5, 0.6) is 0 Å². The minimum absolute atomic E-state index is 0.0213. The fourth-order valence-electron chi connectivity index (χ4n) is 2.22. The zero-order valence-corrected chi connectivity index (χ0v) is 10.5. The van der Waals surface area contributed by atoms with Gasteiger partial charge >= 0.3 is 5.97 Å². The number of hydrogen-bond acceptors (Lipinski definition) is 3. The van der Waals surface area contributed by atoms with Crippen molar-refractivity contribution < 1.29 is 15.0 Å². The van der Waals surface area contributed by atoms with E-state index in [-0.39, 0.29) is 5.69 Å². The maximum Gasteiger partial charge on any atom is 0.356 e. The summed E-state index contributed by atoms with van der Waals surface area (Å²) in [6.45, 7) is 0. The molecule has 1 aromatic carbocycles. The third kappa shape index (κ3) is 2.02. The first-order valence-corrected chi connectivity index (χ1v) is 6.10. The highest BCUT2D eigenvalue weighted by molar-refractivity contribution is 5.87. The van der Waals surface area contributed by atoms with Crippen molar-refractivity contribution in [2.24, 2.45) is 7.05 Å². The summed E-state index contributed by atoms with van der Waals surface area (Å²) in [5.41, 5.74) is 1.80. The highest BCUT2D eigenvalue weighted by Crippen LogP contribution is 2.45. The molecule has 19 heavy (non-hydrogen) atoms. The largest absolute Gasteiger partial charge is 0.476 e. The summed E-state index contributed by atoms with van der Waals surface area (Å²) in [5, 5.41) is 23.0. The summed E-state index contributed by atoms with van der Waals surface area (Å²) in [4.78, 5) is 10.9. The number of benzene rings is 1. The zero-order valence-electron chi connectivity index (χ0n) is 10.5. The van der Waals surface area contributed by atoms with Crippen LogP contribution >= 0.6 is 0 Å². The first-order valence-electron chi connectivity index (χ1n) is 6.10. The molecule has 0 unspecified atom stereocenters. The summed E-state index contributed by atoms with van der Waals surface area (Å²) in [7, 11) is 1.71. The SMILES string of the molecule is Cn1nc(C(=O)O)cc1-c1cccc(C2(O)CC2)c1. The van der Waals surface area contributed by atoms with Crippen molar-refractivity contribution >= 4 is 5.97 Å². The molecule has 0 saturated heterocycles. The van der Waals surface area contributed by atoms with E-state index in [2.05, 4.69) is 5.10 Å². The monoisotopic (exact) mass is 258 g/mol. The lowest BCUT2D eigenvalue weighted by Crippen LogP contribution is -2.04. The minimum Gasteiger partial charge on any atom is -0.476 e. The van der Waals surface area contributed by atoms with Crippen molar-refractivity contribution in [3.8, 4) is 11.3 Å². The summed E-state index contributed by atoms with van der Waals surface area (Å²) >= 11 is 0. The maximum atomic E-state index is 10.9. The first-order chi connectivity index (χ1) is 8.99. The molecule has 0 radical (unpaired) electrons. The standard InChI is InChI=1S/C14H14N2O3/c1-16-12(8-11(15-16)13(17)18)9-3-2-4-10(7-9)14(19)5-6-14/h2-4,7-8,19H,5-6H2,1H3,(H,17,18). The van der Waals surface area contributed by atoms with E-state index in [4.69, 9.17) is 5.11 Å². The number of hydrogen-bond donors (Lipinski definition) is 2. The number of aromatic carboxylic acids is 1. The molecule has 98 valence electrons. The second-order valence-electron chi connectivity index (χ2n) is 4.96. The summed E-state index contributed by atoms with van der Waals surface area (Å²) in [5.74, 6) is -1.04. The molecule has 1 aliphatic rings. The number of rotatable bonds is 3. The lowest BCUT2D eigenvalue weighted by Gasteiger charge is -2.10. The van der Waals surface area contributed by atoms with Crippen LogP contribution in [0.15, 0.2) is 30.3 Å². The third-order valence-corrected chi connectivity index (χ3v) is 3.52. The maximum absolute atomic E-state index is 10.9. The Bertz CT molecular complexity index is 656. The van der Waals surface area contributed by atoms with E-state index in [0.717, 1.165) is 29.7 Å². The molecule has 2 N–H and O–H groups in total. The molecule has 1 aromatic heterocycles. The Labute approximate surface area is 110 Å². The molecule has 2 aromatic rings. The van der Waals surface area contributed by atoms with Gasteiger partial charge in [0, 0.05) is 12.6 Å². The Morgan fingerprint density at radius 3 is 2.68 bits per heavy atom. The average Bonchev–Trinajstić information content (AvgIpc) is 3.01. The number of carboxylic acid groups (broad SMARTS) is 1. The van der Waals surface area contributed by atoms with Gasteiger partial charge in [-0.2, -0.15) is 5.10 Å². The van der Waals surface area contributed by atoms with Crippen molar-refractivity contribution in [2.75, 3.05) is 0 Å². The lowest BCUT2D eigenvalue weighted by molar-refractivity contribution is 0.0689. The lowest BCUT2D eigenvalue weighted by atomic mass is 10.0. The van der Waals surface area contributed by atoms with Crippen LogP contribution in [-0.4, -0.2) is 26.0 Å². The number of aromatic nitrogens is 2. The molecule has 0 amide bonds. The summed E-state index contributed by atoms with van der Waals surface area (Å²) in [6.07, 6.45) is 1.56. The molecule has 1 saturated carbocycles. The molecule has 0 atom stereocenters. The van der Waals surface area contributed by atoms with Crippen molar-refractivity contribution in [2.45, 2.75) is 18.4 Å². The van der Waals surface area contributed by atoms with Gasteiger partial charge in [0.2, 0.25) is 0 Å². The normalized spacial score (nSPS) is 16.3. The molecule has 1 heterocycles. The van der Waals surface area contributed by atoms with E-state index in [1.807, 2.05) is 24.3 Å². The van der Waals surface area contributed by atoms with E-state index in [9.17, 15) is 9.90 Å². The van der Waals surface area contributed by atoms with Gasteiger partial charge in [0.25, 0.3) is 0 Å². The van der Waals surface area contributed by atoms with Crippen molar-refractivity contribution in [3.05, 3.63) is 41.6 Å². The van der Waals surface area contributed by atoms with Crippen LogP contribution in [0.3, 0.4) is 0 Å². The molecular formula is C14H14N2O3. The van der Waals surface area contributed by atoms with Gasteiger partial charge in [-0.1, -0.05) is 18.2 Å². The van der Waals surface area contributed by atoms with Crippen LogP contribution in [0.2, 0.25) is 0 Å². The molecule has 5 nitrogen and oxygen atoms in total. The zero-order chi connectivity index (χ0) is 13.6. The molecule has 0 aliphatic heterocycles. The number of carbonyl (C=O) groups is 1. The molecular weight excluding hydrogens is 244 g/mol. The topological polar surface area (TPSA) is 75.4 Å². The number of aliphatic hydroxyl groups is 1. The average molecular weight is 258 g/mol. The number of carboxylic acids is 1. The number of nitrogens with zero attached hydrogens (tertiary/aromatic N) is 2. The Kier molecular flexibility index (Phi) is 2.46. The van der Waals surface area contributed by atoms with Crippen LogP contribution < -0.4 is 0 Å². The molecule has 0 spiro atoms. The molecule has 3 rings (SSSR count). The van der Waals surface area contributed by atoms with Gasteiger partial charge in [0.05, 0.1) is 11.3 Å². The Balaban J connectivity index is 2.04. The first kappa shape index (κ1) is 11.9.